The second-order valence-corrected chi connectivity index (χ2v) is 9.53. The number of anilines is 2. The number of nitrogens with one attached hydrogen (secondary N) is 2. The zero-order valence-corrected chi connectivity index (χ0v) is 20.6. The van der Waals surface area contributed by atoms with Crippen LogP contribution in [0.4, 0.5) is 15.8 Å². The van der Waals surface area contributed by atoms with Crippen LogP contribution in [0.2, 0.25) is 5.02 Å². The average molecular weight is 519 g/mol. The van der Waals surface area contributed by atoms with E-state index in [1.807, 2.05) is 30.3 Å². The Bertz CT molecular complexity index is 1530. The molecule has 2 aromatic heterocycles. The Kier molecular flexibility index (Phi) is 6.28. The fourth-order valence-corrected chi connectivity index (χ4v) is 4.97. The molecular formula is C28H24ClFN4O3. The van der Waals surface area contributed by atoms with Crippen molar-refractivity contribution in [3.63, 3.8) is 0 Å². The fraction of sp³-hybridized carbons (Fsp3) is 0.214. The van der Waals surface area contributed by atoms with Crippen LogP contribution in [0.15, 0.2) is 65.7 Å². The summed E-state index contributed by atoms with van der Waals surface area (Å²) in [7, 11) is 0. The van der Waals surface area contributed by atoms with Crippen molar-refractivity contribution in [3.8, 4) is 22.8 Å². The summed E-state index contributed by atoms with van der Waals surface area (Å²) in [5.74, 6) is 0.624. The summed E-state index contributed by atoms with van der Waals surface area (Å²) in [6.45, 7) is 3.10. The maximum Gasteiger partial charge on any atom is 0.250 e. The molecule has 4 aromatic rings. The molecule has 2 aromatic carbocycles. The maximum absolute atomic E-state index is 15.2. The molecule has 188 valence electrons. The summed E-state index contributed by atoms with van der Waals surface area (Å²) in [4.78, 5) is 21.5. The van der Waals surface area contributed by atoms with Crippen LogP contribution in [0.25, 0.3) is 11.3 Å². The molecule has 0 spiro atoms. The number of benzene rings is 2. The van der Waals surface area contributed by atoms with E-state index in [0.29, 0.717) is 61.5 Å². The second-order valence-electron chi connectivity index (χ2n) is 9.09. The van der Waals surface area contributed by atoms with Gasteiger partial charge in [-0.2, -0.15) is 0 Å². The number of aromatic amines is 1. The van der Waals surface area contributed by atoms with Crippen LogP contribution in [0, 0.1) is 5.82 Å². The highest BCUT2D eigenvalue weighted by Gasteiger charge is 2.25. The molecule has 2 aliphatic heterocycles. The van der Waals surface area contributed by atoms with Crippen LogP contribution < -0.4 is 20.5 Å². The number of morpholine rings is 1. The van der Waals surface area contributed by atoms with Crippen LogP contribution in [0.5, 0.6) is 11.5 Å². The second kappa shape index (κ2) is 9.88. The smallest absolute Gasteiger partial charge is 0.250 e. The Morgan fingerprint density at radius 1 is 1.05 bits per heavy atom. The molecule has 0 bridgehead atoms. The van der Waals surface area contributed by atoms with Gasteiger partial charge in [-0.15, -0.1) is 0 Å². The van der Waals surface area contributed by atoms with Gasteiger partial charge in [0.2, 0.25) is 5.56 Å². The molecule has 0 radical (unpaired) electrons. The van der Waals surface area contributed by atoms with Gasteiger partial charge >= 0.3 is 0 Å². The third kappa shape index (κ3) is 4.90. The average Bonchev–Trinajstić information content (AvgIpc) is 2.91. The molecule has 0 saturated carbocycles. The number of rotatable bonds is 5. The van der Waals surface area contributed by atoms with Gasteiger partial charge < -0.3 is 24.7 Å². The van der Waals surface area contributed by atoms with Crippen molar-refractivity contribution >= 4 is 23.0 Å². The van der Waals surface area contributed by atoms with Gasteiger partial charge in [-0.25, -0.2) is 4.39 Å². The first-order valence-electron chi connectivity index (χ1n) is 12.1. The fourth-order valence-electron chi connectivity index (χ4n) is 4.78. The highest BCUT2D eigenvalue weighted by molar-refractivity contribution is 6.30. The van der Waals surface area contributed by atoms with Gasteiger partial charge in [0, 0.05) is 67.0 Å². The quantitative estimate of drug-likeness (QED) is 0.325. The molecule has 2 aliphatic rings. The number of hydrogen-bond donors (Lipinski definition) is 2. The molecule has 2 N–H and O–H groups in total. The van der Waals surface area contributed by atoms with Crippen LogP contribution in [-0.4, -0.2) is 36.3 Å². The maximum atomic E-state index is 15.2. The number of ether oxygens (including phenoxy) is 2. The van der Waals surface area contributed by atoms with Crippen molar-refractivity contribution in [1.29, 1.82) is 0 Å². The van der Waals surface area contributed by atoms with Crippen molar-refractivity contribution in [1.82, 2.24) is 9.97 Å². The standard InChI is InChI=1S/C28H24ClFN4O3/c29-20-9-17(14-31-16-20)15-32-21-2-4-25-19(11-21)10-18-1-3-23(30)27(28(18)37-25)24-12-22(13-26(35)33-24)34-5-7-36-8-6-34/h1-4,9,11-14,16,32H,5-8,10,15H2,(H,33,35). The van der Waals surface area contributed by atoms with Gasteiger partial charge in [0.05, 0.1) is 29.5 Å². The van der Waals surface area contributed by atoms with Crippen molar-refractivity contribution in [3.05, 3.63) is 98.8 Å². The molecule has 6 rings (SSSR count). The normalized spacial score (nSPS) is 14.5. The summed E-state index contributed by atoms with van der Waals surface area (Å²) in [6, 6.07) is 14.2. The lowest BCUT2D eigenvalue weighted by Crippen LogP contribution is -2.36. The first kappa shape index (κ1) is 23.5. The molecule has 4 heterocycles. The van der Waals surface area contributed by atoms with Crippen molar-refractivity contribution in [2.75, 3.05) is 36.5 Å². The summed E-state index contributed by atoms with van der Waals surface area (Å²) in [6.07, 6.45) is 3.94. The molecule has 1 fully saturated rings. The van der Waals surface area contributed by atoms with Gasteiger partial charge in [-0.1, -0.05) is 17.7 Å². The Balaban J connectivity index is 1.29. The number of aromatic nitrogens is 2. The Labute approximate surface area is 217 Å². The van der Waals surface area contributed by atoms with Gasteiger partial charge in [-0.3, -0.25) is 9.78 Å². The summed E-state index contributed by atoms with van der Waals surface area (Å²) in [5, 5.41) is 3.98. The lowest BCUT2D eigenvalue weighted by atomic mass is 9.95. The van der Waals surface area contributed by atoms with Gasteiger partial charge in [0.25, 0.3) is 0 Å². The van der Waals surface area contributed by atoms with Crippen LogP contribution in [-0.2, 0) is 17.7 Å². The lowest BCUT2D eigenvalue weighted by Gasteiger charge is -2.29. The predicted molar refractivity (Wildman–Crippen MR) is 141 cm³/mol. The molecular weight excluding hydrogens is 495 g/mol. The SMILES string of the molecule is O=c1cc(N2CCOCC2)cc(-c2c(F)ccc3c2Oc2ccc(NCc4cncc(Cl)c4)cc2C3)[nH]1. The van der Waals surface area contributed by atoms with Gasteiger partial charge in [-0.05, 0) is 42.0 Å². The third-order valence-corrected chi connectivity index (χ3v) is 6.78. The minimum Gasteiger partial charge on any atom is -0.456 e. The first-order chi connectivity index (χ1) is 18.0. The number of halogens is 2. The number of nitrogens with zero attached hydrogens (tertiary/aromatic N) is 2. The highest BCUT2D eigenvalue weighted by atomic mass is 35.5. The predicted octanol–water partition coefficient (Wildman–Crippen LogP) is 5.37. The molecule has 0 amide bonds. The van der Waals surface area contributed by atoms with Crippen LogP contribution in [0.1, 0.15) is 16.7 Å². The van der Waals surface area contributed by atoms with E-state index >= 15 is 4.39 Å². The molecule has 0 atom stereocenters. The molecule has 1 saturated heterocycles. The van der Waals surface area contributed by atoms with E-state index < -0.39 is 5.82 Å². The van der Waals surface area contributed by atoms with Gasteiger partial charge in [0.1, 0.15) is 17.3 Å². The van der Waals surface area contributed by atoms with Gasteiger partial charge in [0.15, 0.2) is 0 Å². The summed E-state index contributed by atoms with van der Waals surface area (Å²) >= 11 is 6.03. The largest absolute Gasteiger partial charge is 0.456 e. The minimum atomic E-state index is -0.453. The third-order valence-electron chi connectivity index (χ3n) is 6.57. The Hall–Kier alpha value is -3.88. The van der Waals surface area contributed by atoms with E-state index in [1.54, 1.807) is 18.5 Å². The number of fused-ring (bicyclic) bond motifs is 2. The van der Waals surface area contributed by atoms with E-state index in [2.05, 4.69) is 20.2 Å². The number of hydrogen-bond acceptors (Lipinski definition) is 6. The Morgan fingerprint density at radius 2 is 1.92 bits per heavy atom. The van der Waals surface area contributed by atoms with Crippen LogP contribution >= 0.6 is 11.6 Å². The van der Waals surface area contributed by atoms with Crippen molar-refractivity contribution < 1.29 is 13.9 Å². The number of pyridine rings is 2. The minimum absolute atomic E-state index is 0.256. The molecule has 7 nitrogen and oxygen atoms in total. The molecule has 0 aliphatic carbocycles. The van der Waals surface area contributed by atoms with E-state index in [9.17, 15) is 4.79 Å². The topological polar surface area (TPSA) is 79.5 Å². The molecule has 37 heavy (non-hydrogen) atoms. The van der Waals surface area contributed by atoms with Crippen LogP contribution in [0.3, 0.4) is 0 Å². The highest BCUT2D eigenvalue weighted by Crippen LogP contribution is 2.44. The zero-order valence-electron chi connectivity index (χ0n) is 19.9. The Morgan fingerprint density at radius 3 is 2.76 bits per heavy atom. The van der Waals surface area contributed by atoms with Crippen molar-refractivity contribution in [2.45, 2.75) is 13.0 Å². The van der Waals surface area contributed by atoms with Crippen molar-refractivity contribution in [2.24, 2.45) is 0 Å². The summed E-state index contributed by atoms with van der Waals surface area (Å²) in [5.41, 5.74) is 4.81. The zero-order chi connectivity index (χ0) is 25.4. The van der Waals surface area contributed by atoms with E-state index in [1.165, 1.54) is 12.1 Å². The number of H-pyrrole nitrogens is 1. The monoisotopic (exact) mass is 518 g/mol. The van der Waals surface area contributed by atoms with E-state index in [4.69, 9.17) is 21.1 Å². The molecule has 0 unspecified atom stereocenters. The lowest BCUT2D eigenvalue weighted by molar-refractivity contribution is 0.122. The summed E-state index contributed by atoms with van der Waals surface area (Å²) < 4.78 is 26.9. The van der Waals surface area contributed by atoms with E-state index in [-0.39, 0.29) is 11.1 Å². The molecule has 9 heteroatoms. The first-order valence-corrected chi connectivity index (χ1v) is 12.4. The van der Waals surface area contributed by atoms with E-state index in [0.717, 1.165) is 28.1 Å².